The van der Waals surface area contributed by atoms with Gasteiger partial charge in [-0.15, -0.1) is 0 Å². The van der Waals surface area contributed by atoms with E-state index in [9.17, 15) is 0 Å². The van der Waals surface area contributed by atoms with Gasteiger partial charge in [-0.2, -0.15) is 5.10 Å². The lowest BCUT2D eigenvalue weighted by molar-refractivity contribution is 0.0859. The summed E-state index contributed by atoms with van der Waals surface area (Å²) in [6.07, 6.45) is 7.47. The number of aryl methyl sites for hydroxylation is 1. The van der Waals surface area contributed by atoms with Gasteiger partial charge in [-0.25, -0.2) is 0 Å². The van der Waals surface area contributed by atoms with E-state index in [2.05, 4.69) is 20.9 Å². The fraction of sp³-hybridized carbons (Fsp3) is 0.700. The van der Waals surface area contributed by atoms with Crippen molar-refractivity contribution >= 4 is 0 Å². The third kappa shape index (κ3) is 3.71. The van der Waals surface area contributed by atoms with Crippen molar-refractivity contribution in [2.45, 2.75) is 58.2 Å². The number of nitrogens with zero attached hydrogens (tertiary/aromatic N) is 4. The minimum Gasteiger partial charge on any atom is -0.380 e. The highest BCUT2D eigenvalue weighted by Gasteiger charge is 2.32. The molecule has 2 aromatic rings. The van der Waals surface area contributed by atoms with Crippen LogP contribution in [0.5, 0.6) is 0 Å². The summed E-state index contributed by atoms with van der Waals surface area (Å²) in [5.41, 5.74) is 3.78. The van der Waals surface area contributed by atoms with Crippen molar-refractivity contribution in [3.05, 3.63) is 35.0 Å². The predicted octanol–water partition coefficient (Wildman–Crippen LogP) is 3.12. The van der Waals surface area contributed by atoms with Crippen LogP contribution in [-0.2, 0) is 24.4 Å². The summed E-state index contributed by atoms with van der Waals surface area (Å²) in [6, 6.07) is 2.03. The summed E-state index contributed by atoms with van der Waals surface area (Å²) in [5.74, 6) is 2.91. The molecule has 2 aromatic heterocycles. The highest BCUT2D eigenvalue weighted by atomic mass is 16.5. The van der Waals surface area contributed by atoms with Gasteiger partial charge in [-0.3, -0.25) is 9.58 Å². The van der Waals surface area contributed by atoms with Gasteiger partial charge in [0.2, 0.25) is 0 Å². The van der Waals surface area contributed by atoms with Crippen molar-refractivity contribution in [3.8, 4) is 0 Å². The highest BCUT2D eigenvalue weighted by Crippen LogP contribution is 2.35. The molecule has 0 radical (unpaired) electrons. The second-order valence-electron chi connectivity index (χ2n) is 8.46. The summed E-state index contributed by atoms with van der Waals surface area (Å²) in [7, 11) is 0. The SMILES string of the molecule is Cc1cc(CN2Cc3cnn(CC4CC4)c3[C@@H](COCC3CC3)C2)no1. The monoisotopic (exact) mass is 356 g/mol. The minimum absolute atomic E-state index is 0.395. The Hall–Kier alpha value is -1.66. The molecule has 1 atom stereocenters. The quantitative estimate of drug-likeness (QED) is 0.727. The average molecular weight is 356 g/mol. The predicted molar refractivity (Wildman–Crippen MR) is 96.6 cm³/mol. The van der Waals surface area contributed by atoms with Crippen molar-refractivity contribution in [1.82, 2.24) is 19.8 Å². The zero-order valence-corrected chi connectivity index (χ0v) is 15.6. The molecule has 3 heterocycles. The number of fused-ring (bicyclic) bond motifs is 1. The molecule has 1 aliphatic heterocycles. The summed E-state index contributed by atoms with van der Waals surface area (Å²) in [4.78, 5) is 2.45. The van der Waals surface area contributed by atoms with E-state index in [1.165, 1.54) is 36.9 Å². The van der Waals surface area contributed by atoms with Gasteiger partial charge in [0.25, 0.3) is 0 Å². The summed E-state index contributed by atoms with van der Waals surface area (Å²) in [5, 5.41) is 8.90. The first-order chi connectivity index (χ1) is 12.7. The van der Waals surface area contributed by atoms with Crippen molar-refractivity contribution in [2.75, 3.05) is 19.8 Å². The van der Waals surface area contributed by atoms with Crippen LogP contribution in [-0.4, -0.2) is 39.6 Å². The van der Waals surface area contributed by atoms with Crippen LogP contribution >= 0.6 is 0 Å². The molecule has 0 bridgehead atoms. The van der Waals surface area contributed by atoms with E-state index in [1.807, 2.05) is 13.0 Å². The normalized spacial score (nSPS) is 23.3. The lowest BCUT2D eigenvalue weighted by Crippen LogP contribution is -2.36. The Balaban J connectivity index is 1.32. The van der Waals surface area contributed by atoms with E-state index >= 15 is 0 Å². The van der Waals surface area contributed by atoms with Crippen molar-refractivity contribution in [2.24, 2.45) is 11.8 Å². The van der Waals surface area contributed by atoms with Gasteiger partial charge < -0.3 is 9.26 Å². The Morgan fingerprint density at radius 3 is 2.77 bits per heavy atom. The molecule has 0 N–H and O–H groups in total. The lowest BCUT2D eigenvalue weighted by atomic mass is 9.96. The molecule has 140 valence electrons. The largest absolute Gasteiger partial charge is 0.380 e. The van der Waals surface area contributed by atoms with E-state index in [4.69, 9.17) is 14.4 Å². The smallest absolute Gasteiger partial charge is 0.133 e. The third-order valence-electron chi connectivity index (χ3n) is 5.78. The van der Waals surface area contributed by atoms with Gasteiger partial charge >= 0.3 is 0 Å². The number of hydrogen-bond acceptors (Lipinski definition) is 5. The van der Waals surface area contributed by atoms with Gasteiger partial charge in [0, 0.05) is 56.0 Å². The van der Waals surface area contributed by atoms with Crippen LogP contribution in [0.4, 0.5) is 0 Å². The van der Waals surface area contributed by atoms with Crippen LogP contribution in [0.25, 0.3) is 0 Å². The Bertz CT molecular complexity index is 760. The average Bonchev–Trinajstić information content (AvgIpc) is 3.53. The maximum atomic E-state index is 6.10. The number of aromatic nitrogens is 3. The molecule has 6 heteroatoms. The fourth-order valence-corrected chi connectivity index (χ4v) is 4.06. The van der Waals surface area contributed by atoms with Crippen LogP contribution in [0.2, 0.25) is 0 Å². The maximum Gasteiger partial charge on any atom is 0.133 e. The summed E-state index contributed by atoms with van der Waals surface area (Å²) in [6.45, 7) is 7.51. The van der Waals surface area contributed by atoms with E-state index in [1.54, 1.807) is 0 Å². The fourth-order valence-electron chi connectivity index (χ4n) is 4.06. The zero-order chi connectivity index (χ0) is 17.5. The topological polar surface area (TPSA) is 56.3 Å². The Labute approximate surface area is 154 Å². The molecule has 0 saturated heterocycles. The van der Waals surface area contributed by atoms with Crippen LogP contribution in [0.1, 0.15) is 54.3 Å². The third-order valence-corrected chi connectivity index (χ3v) is 5.78. The molecule has 0 aromatic carbocycles. The number of rotatable bonds is 8. The Morgan fingerprint density at radius 2 is 2.04 bits per heavy atom. The van der Waals surface area contributed by atoms with Crippen LogP contribution in [0.15, 0.2) is 16.8 Å². The standard InChI is InChI=1S/C20H28N4O2/c1-14-6-19(22-26-14)11-23-9-17-7-21-24(8-15-2-3-15)20(17)18(10-23)13-25-12-16-4-5-16/h6-7,15-16,18H,2-5,8-13H2,1H3/t18-/m1/s1. The maximum absolute atomic E-state index is 6.10. The lowest BCUT2D eigenvalue weighted by Gasteiger charge is -2.33. The Morgan fingerprint density at radius 1 is 1.19 bits per heavy atom. The van der Waals surface area contributed by atoms with Gasteiger partial charge in [0.1, 0.15) is 5.76 Å². The molecule has 6 nitrogen and oxygen atoms in total. The molecule has 26 heavy (non-hydrogen) atoms. The minimum atomic E-state index is 0.395. The molecule has 0 amide bonds. The van der Waals surface area contributed by atoms with E-state index < -0.39 is 0 Å². The summed E-state index contributed by atoms with van der Waals surface area (Å²) < 4.78 is 13.6. The number of hydrogen-bond donors (Lipinski definition) is 0. The van der Waals surface area contributed by atoms with E-state index in [0.29, 0.717) is 5.92 Å². The van der Waals surface area contributed by atoms with Gasteiger partial charge in [-0.1, -0.05) is 5.16 Å². The van der Waals surface area contributed by atoms with Gasteiger partial charge in [0.15, 0.2) is 0 Å². The first-order valence-corrected chi connectivity index (χ1v) is 10.0. The molecule has 5 rings (SSSR count). The molecule has 3 aliphatic rings. The first kappa shape index (κ1) is 16.5. The highest BCUT2D eigenvalue weighted by molar-refractivity contribution is 5.26. The molecular formula is C20H28N4O2. The second-order valence-corrected chi connectivity index (χ2v) is 8.46. The van der Waals surface area contributed by atoms with Crippen LogP contribution < -0.4 is 0 Å². The van der Waals surface area contributed by atoms with Crippen LogP contribution in [0, 0.1) is 18.8 Å². The van der Waals surface area contributed by atoms with E-state index in [0.717, 1.165) is 62.7 Å². The van der Waals surface area contributed by atoms with Gasteiger partial charge in [-0.05, 0) is 44.4 Å². The molecule has 0 spiro atoms. The number of ether oxygens (including phenoxy) is 1. The van der Waals surface area contributed by atoms with Crippen LogP contribution in [0.3, 0.4) is 0 Å². The first-order valence-electron chi connectivity index (χ1n) is 10.0. The van der Waals surface area contributed by atoms with Crippen molar-refractivity contribution in [3.63, 3.8) is 0 Å². The molecular weight excluding hydrogens is 328 g/mol. The molecule has 2 saturated carbocycles. The molecule has 2 fully saturated rings. The van der Waals surface area contributed by atoms with Crippen molar-refractivity contribution < 1.29 is 9.26 Å². The summed E-state index contributed by atoms with van der Waals surface area (Å²) >= 11 is 0. The Kier molecular flexibility index (Phi) is 4.33. The molecule has 0 unspecified atom stereocenters. The van der Waals surface area contributed by atoms with E-state index in [-0.39, 0.29) is 0 Å². The molecule has 2 aliphatic carbocycles. The second kappa shape index (κ2) is 6.82. The van der Waals surface area contributed by atoms with Gasteiger partial charge in [0.05, 0.1) is 18.5 Å². The van der Waals surface area contributed by atoms with Crippen molar-refractivity contribution in [1.29, 1.82) is 0 Å². The zero-order valence-electron chi connectivity index (χ0n) is 15.6.